The zero-order valence-corrected chi connectivity index (χ0v) is 27.7. The van der Waals surface area contributed by atoms with Crippen molar-refractivity contribution in [3.8, 4) is 11.4 Å². The summed E-state index contributed by atoms with van der Waals surface area (Å²) in [4.78, 5) is 36.8. The van der Waals surface area contributed by atoms with Gasteiger partial charge in [-0.25, -0.2) is 31.6 Å². The maximum atomic E-state index is 14.8. The Morgan fingerprint density at radius 2 is 1.22 bits per heavy atom. The number of para-hydroxylation sites is 4. The molecule has 0 fully saturated rings. The van der Waals surface area contributed by atoms with Crippen LogP contribution in [0.3, 0.4) is 0 Å². The van der Waals surface area contributed by atoms with Gasteiger partial charge >= 0.3 is 5.91 Å². The van der Waals surface area contributed by atoms with Gasteiger partial charge < -0.3 is 0 Å². The largest absolute Gasteiger partial charge is 0.347 e. The molecule has 3 aliphatic heterocycles. The molecule has 1 N–H and O–H groups in total. The molecule has 0 amide bonds. The molecule has 0 saturated heterocycles. The van der Waals surface area contributed by atoms with Crippen LogP contribution in [0.2, 0.25) is 0 Å². The van der Waals surface area contributed by atoms with Gasteiger partial charge in [0.25, 0.3) is 11.4 Å². The second kappa shape index (κ2) is 7.91. The lowest BCUT2D eigenvalue weighted by molar-refractivity contribution is -0.530. The van der Waals surface area contributed by atoms with Gasteiger partial charge in [0.05, 0.1) is 47.1 Å². The Labute approximate surface area is 280 Å². The molecule has 0 atom stereocenters. The van der Waals surface area contributed by atoms with Crippen LogP contribution < -0.4 is 10.1 Å². The summed E-state index contributed by atoms with van der Waals surface area (Å²) in [6, 6.07) is 20.4. The molecule has 0 radical (unpaired) electrons. The molecule has 238 valence electrons. The number of nitrogens with one attached hydrogen (secondary N) is 1. The topological polar surface area (TPSA) is 139 Å². The first-order valence-electron chi connectivity index (χ1n) is 16.1. The average molecular weight is 692 g/mol. The highest BCUT2D eigenvalue weighted by molar-refractivity contribution is 7.93. The molecular formula is C38H19N4O6S2+. The van der Waals surface area contributed by atoms with E-state index in [0.29, 0.717) is 87.6 Å². The monoisotopic (exact) mass is 691 g/mol. The molecule has 10 nitrogen and oxygen atoms in total. The van der Waals surface area contributed by atoms with Crippen molar-refractivity contribution in [2.75, 3.05) is 0 Å². The van der Waals surface area contributed by atoms with Crippen molar-refractivity contribution < 1.29 is 26.2 Å². The van der Waals surface area contributed by atoms with Crippen LogP contribution in [0.4, 0.5) is 0 Å². The van der Waals surface area contributed by atoms with Crippen LogP contribution in [0, 0.1) is 0 Å². The first kappa shape index (κ1) is 26.9. The molecule has 0 saturated carbocycles. The van der Waals surface area contributed by atoms with Gasteiger partial charge in [-0.15, -0.1) is 0 Å². The van der Waals surface area contributed by atoms with E-state index in [2.05, 4.69) is 4.98 Å². The van der Waals surface area contributed by atoms with Gasteiger partial charge in [0.15, 0.2) is 11.0 Å². The smallest absolute Gasteiger partial charge is 0.268 e. The van der Waals surface area contributed by atoms with Crippen molar-refractivity contribution in [1.29, 1.82) is 0 Å². The number of H-pyrrole nitrogens is 1. The summed E-state index contributed by atoms with van der Waals surface area (Å²) in [5, 5.41) is 3.96. The third-order valence-electron chi connectivity index (χ3n) is 10.9. The minimum absolute atomic E-state index is 0.0303. The van der Waals surface area contributed by atoms with Crippen LogP contribution in [0.5, 0.6) is 0 Å². The lowest BCUT2D eigenvalue weighted by Crippen LogP contribution is -2.46. The van der Waals surface area contributed by atoms with E-state index in [1.807, 2.05) is 32.0 Å². The molecule has 0 unspecified atom stereocenters. The van der Waals surface area contributed by atoms with E-state index in [9.17, 15) is 26.4 Å². The fourth-order valence-corrected chi connectivity index (χ4v) is 12.5. The molecule has 12 heteroatoms. The Bertz CT molecular complexity index is 3670. The number of aromatic amines is 1. The van der Waals surface area contributed by atoms with Crippen LogP contribution in [0.25, 0.3) is 93.0 Å². The maximum absolute atomic E-state index is 14.8. The Hall–Kier alpha value is -5.98. The summed E-state index contributed by atoms with van der Waals surface area (Å²) in [5.41, 5.74) is 2.89. The zero-order valence-electron chi connectivity index (χ0n) is 26.0. The summed E-state index contributed by atoms with van der Waals surface area (Å²) in [7, 11) is -8.40. The minimum Gasteiger partial charge on any atom is -0.268 e. The second-order valence-electron chi connectivity index (χ2n) is 12.9. The van der Waals surface area contributed by atoms with Crippen molar-refractivity contribution in [3.05, 3.63) is 88.7 Å². The van der Waals surface area contributed by atoms with E-state index in [0.717, 1.165) is 0 Å². The van der Waals surface area contributed by atoms with Crippen LogP contribution in [-0.2, 0) is 19.7 Å². The third kappa shape index (κ3) is 2.50. The SMILES string of the molecule is CC.O=C1c2cc3c4c5c(cc6c(=O)n7c8ccccc8nc7c7cc8c(c9c(cc(c2c49)-c2[nH]c4ccccc4[n+]21)S8(=O)=O)c5c67)S3(=O)=O. The summed E-state index contributed by atoms with van der Waals surface area (Å²) in [5.74, 6) is 0.00945. The number of hydrogen-bond donors (Lipinski definition) is 1. The highest BCUT2D eigenvalue weighted by Crippen LogP contribution is 2.59. The van der Waals surface area contributed by atoms with E-state index in [1.165, 1.54) is 21.1 Å². The van der Waals surface area contributed by atoms with Gasteiger partial charge in [0, 0.05) is 48.5 Å². The molecule has 3 aromatic heterocycles. The van der Waals surface area contributed by atoms with Gasteiger partial charge in [-0.1, -0.05) is 38.1 Å². The average Bonchev–Trinajstić information content (AvgIpc) is 3.83. The second-order valence-corrected chi connectivity index (χ2v) is 16.7. The Morgan fingerprint density at radius 1 is 0.640 bits per heavy atom. The Morgan fingerprint density at radius 3 is 1.94 bits per heavy atom. The summed E-state index contributed by atoms with van der Waals surface area (Å²) in [6.45, 7) is 4.00. The standard InChI is InChI=1S/C36H12N4O6S2.C2H6/c41-35-15-11-23-29-30-24(48(23,45)46)12-16-26-14(34-38-18-6-2-4-8-20(18)40(34)36(16)42)10-22-28(32(26)30)27-21(47(22,43)44)9-13(25(15)31(27)29)33-37-17-5-1-3-7-19(17)39(33)35;1-2/h1-12H;1-2H3/p+1. The van der Waals surface area contributed by atoms with Gasteiger partial charge in [0.2, 0.25) is 19.7 Å². The first-order chi connectivity index (χ1) is 24.2. The molecular weight excluding hydrogens is 673 g/mol. The van der Waals surface area contributed by atoms with Crippen molar-refractivity contribution in [1.82, 2.24) is 14.4 Å². The number of nitrogens with zero attached hydrogens (tertiary/aromatic N) is 3. The highest BCUT2D eigenvalue weighted by atomic mass is 32.2. The van der Waals surface area contributed by atoms with Crippen LogP contribution in [0.15, 0.2) is 97.2 Å². The van der Waals surface area contributed by atoms with E-state index >= 15 is 0 Å². The zero-order chi connectivity index (χ0) is 33.9. The number of benzene rings is 7. The lowest BCUT2D eigenvalue weighted by atomic mass is 9.84. The number of sulfone groups is 2. The molecule has 13 rings (SSSR count). The molecule has 50 heavy (non-hydrogen) atoms. The van der Waals surface area contributed by atoms with E-state index in [1.54, 1.807) is 42.5 Å². The lowest BCUT2D eigenvalue weighted by Gasteiger charge is -2.19. The number of rotatable bonds is 0. The summed E-state index contributed by atoms with van der Waals surface area (Å²) in [6.07, 6.45) is 0. The van der Waals surface area contributed by atoms with E-state index in [4.69, 9.17) is 4.98 Å². The van der Waals surface area contributed by atoms with Gasteiger partial charge in [-0.05, 0) is 48.5 Å². The molecule has 10 aromatic rings. The quantitative estimate of drug-likeness (QED) is 0.113. The van der Waals surface area contributed by atoms with E-state index < -0.39 is 31.1 Å². The highest BCUT2D eigenvalue weighted by Gasteiger charge is 2.46. The van der Waals surface area contributed by atoms with Gasteiger partial charge in [-0.2, -0.15) is 4.57 Å². The predicted octanol–water partition coefficient (Wildman–Crippen LogP) is 6.25. The number of hydrogen-bond acceptors (Lipinski definition) is 7. The molecule has 0 spiro atoms. The van der Waals surface area contributed by atoms with Gasteiger partial charge in [0.1, 0.15) is 5.65 Å². The molecule has 7 aromatic carbocycles. The Kier molecular flexibility index (Phi) is 4.26. The van der Waals surface area contributed by atoms with Gasteiger partial charge in [-0.3, -0.25) is 9.20 Å². The Balaban J connectivity index is 0.00000141. The van der Waals surface area contributed by atoms with Crippen LogP contribution in [-0.4, -0.2) is 37.1 Å². The summed E-state index contributed by atoms with van der Waals surface area (Å²) >= 11 is 0. The molecule has 0 bridgehead atoms. The number of pyridine rings is 1. The van der Waals surface area contributed by atoms with Crippen LogP contribution in [0.1, 0.15) is 24.2 Å². The number of imidazole rings is 2. The van der Waals surface area contributed by atoms with Crippen molar-refractivity contribution in [2.24, 2.45) is 0 Å². The number of carbonyl (C=O) groups excluding carboxylic acids is 1. The molecule has 6 heterocycles. The fourth-order valence-electron chi connectivity index (χ4n) is 9.08. The maximum Gasteiger partial charge on any atom is 0.347 e. The van der Waals surface area contributed by atoms with Crippen LogP contribution >= 0.6 is 0 Å². The van der Waals surface area contributed by atoms with Crippen molar-refractivity contribution in [3.63, 3.8) is 0 Å². The first-order valence-corrected chi connectivity index (χ1v) is 19.1. The van der Waals surface area contributed by atoms with E-state index in [-0.39, 0.29) is 30.5 Å². The molecule has 0 aliphatic carbocycles. The third-order valence-corrected chi connectivity index (χ3v) is 14.5. The summed E-state index contributed by atoms with van der Waals surface area (Å²) < 4.78 is 61.6. The van der Waals surface area contributed by atoms with Crippen molar-refractivity contribution in [2.45, 2.75) is 33.4 Å². The number of fused-ring (bicyclic) bond motifs is 8. The minimum atomic E-state index is -4.24. The predicted molar refractivity (Wildman–Crippen MR) is 188 cm³/mol. The molecule has 3 aliphatic rings. The van der Waals surface area contributed by atoms with Crippen molar-refractivity contribution >= 4 is 107 Å². The fraction of sp³-hybridized carbons (Fsp3) is 0.0526. The number of aromatic nitrogens is 4. The normalized spacial score (nSPS) is 16.2. The number of carbonyl (C=O) groups is 1.